The minimum atomic E-state index is -0.330. The lowest BCUT2D eigenvalue weighted by Crippen LogP contribution is -2.41. The van der Waals surface area contributed by atoms with Gasteiger partial charge in [0.25, 0.3) is 0 Å². The fourth-order valence-corrected chi connectivity index (χ4v) is 2.66. The van der Waals surface area contributed by atoms with Crippen LogP contribution < -0.4 is 5.32 Å². The quantitative estimate of drug-likeness (QED) is 0.554. The van der Waals surface area contributed by atoms with E-state index < -0.39 is 0 Å². The Morgan fingerprint density at radius 2 is 1.85 bits per heavy atom. The van der Waals surface area contributed by atoms with Gasteiger partial charge < -0.3 is 4.90 Å². The molecule has 0 bridgehead atoms. The monoisotopic (exact) mass is 279 g/mol. The van der Waals surface area contributed by atoms with Gasteiger partial charge in [0.15, 0.2) is 0 Å². The molecule has 20 heavy (non-hydrogen) atoms. The van der Waals surface area contributed by atoms with Gasteiger partial charge in [-0.05, 0) is 71.5 Å². The summed E-state index contributed by atoms with van der Waals surface area (Å²) in [5, 5.41) is 12.7. The molecule has 0 heterocycles. The number of hydrogen-bond donors (Lipinski definition) is 1. The molecule has 3 nitrogen and oxygen atoms in total. The van der Waals surface area contributed by atoms with E-state index >= 15 is 0 Å². The van der Waals surface area contributed by atoms with Crippen LogP contribution in [0.5, 0.6) is 0 Å². The van der Waals surface area contributed by atoms with Gasteiger partial charge in [0.05, 0.1) is 6.07 Å². The minimum absolute atomic E-state index is 0.330. The van der Waals surface area contributed by atoms with Gasteiger partial charge in [0.2, 0.25) is 0 Å². The van der Waals surface area contributed by atoms with Gasteiger partial charge in [-0.1, -0.05) is 20.3 Å². The zero-order valence-corrected chi connectivity index (χ0v) is 13.7. The number of unbranched alkanes of at least 4 members (excludes halogenated alkanes) is 2. The van der Waals surface area contributed by atoms with E-state index in [0.717, 1.165) is 31.8 Å². The zero-order chi connectivity index (χ0) is 14.8. The molecule has 0 aliphatic heterocycles. The predicted molar refractivity (Wildman–Crippen MR) is 85.7 cm³/mol. The van der Waals surface area contributed by atoms with Crippen molar-refractivity contribution < 1.29 is 0 Å². The van der Waals surface area contributed by atoms with Gasteiger partial charge >= 0.3 is 0 Å². The van der Waals surface area contributed by atoms with Gasteiger partial charge in [0.1, 0.15) is 5.54 Å². The van der Waals surface area contributed by atoms with Crippen LogP contribution in [0.3, 0.4) is 0 Å². The topological polar surface area (TPSA) is 39.1 Å². The second-order valence-corrected chi connectivity index (χ2v) is 6.45. The summed E-state index contributed by atoms with van der Waals surface area (Å²) in [6, 6.07) is 3.32. The first-order valence-electron chi connectivity index (χ1n) is 8.55. The highest BCUT2D eigenvalue weighted by Gasteiger charge is 2.28. The smallest absolute Gasteiger partial charge is 0.103 e. The zero-order valence-electron chi connectivity index (χ0n) is 13.7. The molecule has 3 heteroatoms. The highest BCUT2D eigenvalue weighted by molar-refractivity contribution is 5.03. The molecule has 1 aliphatic carbocycles. The summed E-state index contributed by atoms with van der Waals surface area (Å²) >= 11 is 0. The Kier molecular flexibility index (Phi) is 8.18. The SMILES string of the molecule is CCCCN(CCCCC(C)(C#N)NCCC)C1CC1. The second-order valence-electron chi connectivity index (χ2n) is 6.45. The van der Waals surface area contributed by atoms with Gasteiger partial charge in [-0.15, -0.1) is 0 Å². The standard InChI is InChI=1S/C17H33N3/c1-4-6-13-20(16-9-10-16)14-8-7-11-17(3,15-18)19-12-5-2/h16,19H,4-14H2,1-3H3. The Morgan fingerprint density at radius 1 is 1.15 bits per heavy atom. The summed E-state index contributed by atoms with van der Waals surface area (Å²) in [4.78, 5) is 2.67. The van der Waals surface area contributed by atoms with Crippen molar-refractivity contribution in [1.82, 2.24) is 10.2 Å². The van der Waals surface area contributed by atoms with Crippen molar-refractivity contribution in [3.63, 3.8) is 0 Å². The lowest BCUT2D eigenvalue weighted by Gasteiger charge is -2.25. The van der Waals surface area contributed by atoms with Crippen LogP contribution in [0.25, 0.3) is 0 Å². The van der Waals surface area contributed by atoms with E-state index in [-0.39, 0.29) is 5.54 Å². The number of nitriles is 1. The third kappa shape index (κ3) is 6.72. The molecule has 1 fully saturated rings. The summed E-state index contributed by atoms with van der Waals surface area (Å²) in [6.07, 6.45) is 9.84. The molecule has 0 aromatic carbocycles. The molecule has 1 saturated carbocycles. The molecule has 0 radical (unpaired) electrons. The molecular weight excluding hydrogens is 246 g/mol. The number of nitrogens with zero attached hydrogens (tertiary/aromatic N) is 2. The Labute approximate surface area is 125 Å². The normalized spacial score (nSPS) is 17.9. The molecule has 1 N–H and O–H groups in total. The van der Waals surface area contributed by atoms with Crippen LogP contribution in [0.1, 0.15) is 72.1 Å². The maximum Gasteiger partial charge on any atom is 0.103 e. The van der Waals surface area contributed by atoms with Crippen molar-refractivity contribution in [2.75, 3.05) is 19.6 Å². The van der Waals surface area contributed by atoms with E-state index in [0.29, 0.717) is 0 Å². The van der Waals surface area contributed by atoms with Crippen molar-refractivity contribution >= 4 is 0 Å². The van der Waals surface area contributed by atoms with E-state index in [1.807, 2.05) is 6.92 Å². The average Bonchev–Trinajstić information content (AvgIpc) is 3.29. The van der Waals surface area contributed by atoms with Crippen molar-refractivity contribution in [3.8, 4) is 6.07 Å². The van der Waals surface area contributed by atoms with Gasteiger partial charge in [-0.2, -0.15) is 5.26 Å². The van der Waals surface area contributed by atoms with Crippen LogP contribution in [0.2, 0.25) is 0 Å². The molecule has 1 unspecified atom stereocenters. The number of rotatable bonds is 12. The summed E-state index contributed by atoms with van der Waals surface area (Å²) < 4.78 is 0. The number of hydrogen-bond acceptors (Lipinski definition) is 3. The first-order valence-corrected chi connectivity index (χ1v) is 8.55. The fraction of sp³-hybridized carbons (Fsp3) is 0.941. The molecule has 116 valence electrons. The van der Waals surface area contributed by atoms with E-state index in [9.17, 15) is 5.26 Å². The van der Waals surface area contributed by atoms with Crippen LogP contribution in [0.15, 0.2) is 0 Å². The Bertz CT molecular complexity index is 293. The van der Waals surface area contributed by atoms with E-state index in [4.69, 9.17) is 0 Å². The maximum atomic E-state index is 9.31. The van der Waals surface area contributed by atoms with Gasteiger partial charge in [-0.25, -0.2) is 0 Å². The first-order chi connectivity index (χ1) is 9.65. The largest absolute Gasteiger partial charge is 0.300 e. The molecule has 1 atom stereocenters. The summed E-state index contributed by atoms with van der Waals surface area (Å²) in [7, 11) is 0. The number of nitrogens with one attached hydrogen (secondary N) is 1. The Balaban J connectivity index is 2.19. The van der Waals surface area contributed by atoms with Crippen molar-refractivity contribution in [1.29, 1.82) is 5.26 Å². The molecule has 0 amide bonds. The average molecular weight is 279 g/mol. The van der Waals surface area contributed by atoms with Crippen molar-refractivity contribution in [3.05, 3.63) is 0 Å². The van der Waals surface area contributed by atoms with E-state index in [1.54, 1.807) is 0 Å². The molecule has 0 spiro atoms. The Hall–Kier alpha value is -0.590. The van der Waals surface area contributed by atoms with Crippen LogP contribution in [0.4, 0.5) is 0 Å². The molecule has 0 saturated heterocycles. The molecule has 1 rings (SSSR count). The third-order valence-electron chi connectivity index (χ3n) is 4.25. The molecular formula is C17H33N3. The highest BCUT2D eigenvalue weighted by atomic mass is 15.2. The van der Waals surface area contributed by atoms with Crippen molar-refractivity contribution in [2.24, 2.45) is 0 Å². The summed E-state index contributed by atoms with van der Waals surface area (Å²) in [6.45, 7) is 9.88. The summed E-state index contributed by atoms with van der Waals surface area (Å²) in [5.74, 6) is 0. The molecule has 1 aliphatic rings. The second kappa shape index (κ2) is 9.37. The van der Waals surface area contributed by atoms with Crippen molar-refractivity contribution in [2.45, 2.75) is 83.7 Å². The van der Waals surface area contributed by atoms with Gasteiger partial charge in [0, 0.05) is 6.04 Å². The fourth-order valence-electron chi connectivity index (χ4n) is 2.66. The van der Waals surface area contributed by atoms with Crippen LogP contribution >= 0.6 is 0 Å². The lowest BCUT2D eigenvalue weighted by molar-refractivity contribution is 0.249. The van der Waals surface area contributed by atoms with Crippen LogP contribution in [-0.2, 0) is 0 Å². The third-order valence-corrected chi connectivity index (χ3v) is 4.25. The predicted octanol–water partition coefficient (Wildman–Crippen LogP) is 3.70. The lowest BCUT2D eigenvalue weighted by atomic mass is 9.96. The van der Waals surface area contributed by atoms with Crippen LogP contribution in [0, 0.1) is 11.3 Å². The summed E-state index contributed by atoms with van der Waals surface area (Å²) in [5.41, 5.74) is -0.330. The molecule has 0 aromatic heterocycles. The van der Waals surface area contributed by atoms with E-state index in [1.165, 1.54) is 45.2 Å². The maximum absolute atomic E-state index is 9.31. The van der Waals surface area contributed by atoms with Gasteiger partial charge in [-0.3, -0.25) is 5.32 Å². The highest BCUT2D eigenvalue weighted by Crippen LogP contribution is 2.27. The van der Waals surface area contributed by atoms with E-state index in [2.05, 4.69) is 30.1 Å². The Morgan fingerprint density at radius 3 is 2.40 bits per heavy atom. The minimum Gasteiger partial charge on any atom is -0.300 e. The van der Waals surface area contributed by atoms with Crippen LogP contribution in [-0.4, -0.2) is 36.1 Å². The molecule has 0 aromatic rings. The first kappa shape index (κ1) is 17.5.